The summed E-state index contributed by atoms with van der Waals surface area (Å²) in [4.78, 5) is 9.83. The minimum atomic E-state index is -3.97. The number of hydrogen-bond donors (Lipinski definition) is 2. The third-order valence-electron chi connectivity index (χ3n) is 1.43. The average molecular weight is 201 g/mol. The van der Waals surface area contributed by atoms with E-state index in [1.165, 1.54) is 6.07 Å². The summed E-state index contributed by atoms with van der Waals surface area (Å²) in [6.07, 6.45) is 0.466. The zero-order chi connectivity index (χ0) is 10.1. The number of carbonyl (C=O) groups excluding carboxylic acids is 1. The fourth-order valence-electron chi connectivity index (χ4n) is 0.832. The van der Waals surface area contributed by atoms with E-state index in [4.69, 9.17) is 10.2 Å². The third-order valence-corrected chi connectivity index (χ3v) is 2.37. The SMILES string of the molecule is NS(=O)(=O)c1cc(C=O)ccc1O. The molecule has 0 saturated heterocycles. The second-order valence-electron chi connectivity index (χ2n) is 2.39. The lowest BCUT2D eigenvalue weighted by molar-refractivity contribution is 0.112. The highest BCUT2D eigenvalue weighted by atomic mass is 32.2. The van der Waals surface area contributed by atoms with Crippen molar-refractivity contribution < 1.29 is 18.3 Å². The van der Waals surface area contributed by atoms with E-state index in [0.29, 0.717) is 6.29 Å². The van der Waals surface area contributed by atoms with E-state index in [1.807, 2.05) is 0 Å². The lowest BCUT2D eigenvalue weighted by Gasteiger charge is -2.01. The first kappa shape index (κ1) is 9.69. The van der Waals surface area contributed by atoms with Gasteiger partial charge in [-0.15, -0.1) is 0 Å². The monoisotopic (exact) mass is 201 g/mol. The topological polar surface area (TPSA) is 97.5 Å². The molecule has 0 aliphatic carbocycles. The molecule has 6 heteroatoms. The van der Waals surface area contributed by atoms with Gasteiger partial charge < -0.3 is 5.11 Å². The Bertz CT molecular complexity index is 438. The largest absolute Gasteiger partial charge is 0.507 e. The van der Waals surface area contributed by atoms with Crippen LogP contribution >= 0.6 is 0 Å². The molecule has 0 amide bonds. The molecule has 0 saturated carbocycles. The molecule has 3 N–H and O–H groups in total. The minimum absolute atomic E-state index is 0.141. The summed E-state index contributed by atoms with van der Waals surface area (Å²) in [5, 5.41) is 13.9. The number of phenols is 1. The third kappa shape index (κ3) is 2.04. The summed E-state index contributed by atoms with van der Waals surface area (Å²) in [5.74, 6) is -0.465. The molecule has 0 spiro atoms. The lowest BCUT2D eigenvalue weighted by Crippen LogP contribution is -2.12. The lowest BCUT2D eigenvalue weighted by atomic mass is 10.2. The summed E-state index contributed by atoms with van der Waals surface area (Å²) in [6.45, 7) is 0. The van der Waals surface area contributed by atoms with Crippen molar-refractivity contribution in [2.45, 2.75) is 4.90 Å². The van der Waals surface area contributed by atoms with Gasteiger partial charge in [0.25, 0.3) is 0 Å². The highest BCUT2D eigenvalue weighted by Gasteiger charge is 2.13. The zero-order valence-electron chi connectivity index (χ0n) is 6.47. The Labute approximate surface area is 74.9 Å². The molecule has 0 unspecified atom stereocenters. The van der Waals surface area contributed by atoms with Crippen LogP contribution in [0.5, 0.6) is 5.75 Å². The van der Waals surface area contributed by atoms with E-state index in [0.717, 1.165) is 12.1 Å². The summed E-state index contributed by atoms with van der Waals surface area (Å²) < 4.78 is 21.6. The molecule has 13 heavy (non-hydrogen) atoms. The van der Waals surface area contributed by atoms with Crippen molar-refractivity contribution in [3.8, 4) is 5.75 Å². The number of nitrogens with two attached hydrogens (primary N) is 1. The van der Waals surface area contributed by atoms with Gasteiger partial charge in [-0.2, -0.15) is 0 Å². The Morgan fingerprint density at radius 3 is 2.46 bits per heavy atom. The van der Waals surface area contributed by atoms with Crippen LogP contribution < -0.4 is 5.14 Å². The first-order chi connectivity index (χ1) is 5.95. The minimum Gasteiger partial charge on any atom is -0.507 e. The number of sulfonamides is 1. The van der Waals surface area contributed by atoms with Gasteiger partial charge >= 0.3 is 0 Å². The van der Waals surface area contributed by atoms with Gasteiger partial charge in [0, 0.05) is 5.56 Å². The molecule has 0 atom stereocenters. The Hall–Kier alpha value is -1.40. The van der Waals surface area contributed by atoms with Crippen LogP contribution in [0.4, 0.5) is 0 Å². The number of phenolic OH excluding ortho intramolecular Hbond substituents is 1. The first-order valence-electron chi connectivity index (χ1n) is 3.26. The van der Waals surface area contributed by atoms with Gasteiger partial charge in [0.15, 0.2) is 0 Å². The van der Waals surface area contributed by atoms with E-state index >= 15 is 0 Å². The maximum Gasteiger partial charge on any atom is 0.241 e. The van der Waals surface area contributed by atoms with Gasteiger partial charge in [-0.25, -0.2) is 13.6 Å². The van der Waals surface area contributed by atoms with Crippen molar-refractivity contribution in [1.82, 2.24) is 0 Å². The summed E-state index contributed by atoms with van der Waals surface area (Å²) in [6, 6.07) is 3.40. The molecule has 0 radical (unpaired) electrons. The van der Waals surface area contributed by atoms with Crippen LogP contribution in [0.15, 0.2) is 23.1 Å². The maximum atomic E-state index is 10.8. The Morgan fingerprint density at radius 2 is 2.00 bits per heavy atom. The zero-order valence-corrected chi connectivity index (χ0v) is 7.28. The molecule has 5 nitrogen and oxygen atoms in total. The van der Waals surface area contributed by atoms with Crippen LogP contribution in [0.2, 0.25) is 0 Å². The first-order valence-corrected chi connectivity index (χ1v) is 4.81. The van der Waals surface area contributed by atoms with Crippen LogP contribution in [-0.2, 0) is 10.0 Å². The van der Waals surface area contributed by atoms with Crippen molar-refractivity contribution in [2.24, 2.45) is 5.14 Å². The second kappa shape index (κ2) is 3.15. The number of benzene rings is 1. The van der Waals surface area contributed by atoms with E-state index in [9.17, 15) is 13.2 Å². The molecular weight excluding hydrogens is 194 g/mol. The second-order valence-corrected chi connectivity index (χ2v) is 3.92. The summed E-state index contributed by atoms with van der Waals surface area (Å²) in [7, 11) is -3.97. The average Bonchev–Trinajstić information content (AvgIpc) is 2.03. The number of rotatable bonds is 2. The number of aldehydes is 1. The van der Waals surface area contributed by atoms with Gasteiger partial charge in [0.2, 0.25) is 10.0 Å². The quantitative estimate of drug-likeness (QED) is 0.650. The Balaban J connectivity index is 3.44. The fraction of sp³-hybridized carbons (Fsp3) is 0. The Morgan fingerprint density at radius 1 is 1.38 bits per heavy atom. The summed E-state index contributed by atoms with van der Waals surface area (Å²) >= 11 is 0. The standard InChI is InChI=1S/C7H7NO4S/c8-13(11,12)7-3-5(4-9)1-2-6(7)10/h1-4,10H,(H2,8,11,12). The number of hydrogen-bond acceptors (Lipinski definition) is 4. The van der Waals surface area contributed by atoms with Gasteiger partial charge in [-0.05, 0) is 18.2 Å². The van der Waals surface area contributed by atoms with E-state index in [-0.39, 0.29) is 5.56 Å². The molecular formula is C7H7NO4S. The number of aromatic hydroxyl groups is 1. The van der Waals surface area contributed by atoms with E-state index < -0.39 is 20.7 Å². The van der Waals surface area contributed by atoms with Gasteiger partial charge in [-0.3, -0.25) is 4.79 Å². The van der Waals surface area contributed by atoms with Crippen LogP contribution in [0, 0.1) is 0 Å². The number of primary sulfonamides is 1. The van der Waals surface area contributed by atoms with Crippen LogP contribution in [0.25, 0.3) is 0 Å². The van der Waals surface area contributed by atoms with E-state index in [1.54, 1.807) is 0 Å². The molecule has 70 valence electrons. The Kier molecular flexibility index (Phi) is 2.35. The highest BCUT2D eigenvalue weighted by molar-refractivity contribution is 7.89. The van der Waals surface area contributed by atoms with Gasteiger partial charge in [0.1, 0.15) is 16.9 Å². The van der Waals surface area contributed by atoms with E-state index in [2.05, 4.69) is 0 Å². The smallest absolute Gasteiger partial charge is 0.241 e. The molecule has 0 aliphatic heterocycles. The van der Waals surface area contributed by atoms with Crippen LogP contribution in [-0.4, -0.2) is 19.8 Å². The normalized spacial score (nSPS) is 11.2. The molecule has 0 fully saturated rings. The highest BCUT2D eigenvalue weighted by Crippen LogP contribution is 2.21. The van der Waals surface area contributed by atoms with Gasteiger partial charge in [0.05, 0.1) is 0 Å². The molecule has 1 rings (SSSR count). The predicted octanol–water partition coefficient (Wildman–Crippen LogP) is -0.148. The van der Waals surface area contributed by atoms with Crippen molar-refractivity contribution in [3.63, 3.8) is 0 Å². The molecule has 1 aromatic carbocycles. The number of carbonyl (C=O) groups is 1. The van der Waals surface area contributed by atoms with Crippen LogP contribution in [0.3, 0.4) is 0 Å². The summed E-state index contributed by atoms with van der Waals surface area (Å²) in [5.41, 5.74) is 0.141. The van der Waals surface area contributed by atoms with Crippen molar-refractivity contribution >= 4 is 16.3 Å². The molecule has 0 aromatic heterocycles. The van der Waals surface area contributed by atoms with Crippen LogP contribution in [0.1, 0.15) is 10.4 Å². The van der Waals surface area contributed by atoms with Crippen molar-refractivity contribution in [1.29, 1.82) is 0 Å². The van der Waals surface area contributed by atoms with Crippen molar-refractivity contribution in [3.05, 3.63) is 23.8 Å². The maximum absolute atomic E-state index is 10.8. The van der Waals surface area contributed by atoms with Crippen molar-refractivity contribution in [2.75, 3.05) is 0 Å². The van der Waals surface area contributed by atoms with Gasteiger partial charge in [-0.1, -0.05) is 0 Å². The molecule has 1 aromatic rings. The fourth-order valence-corrected chi connectivity index (χ4v) is 1.49. The predicted molar refractivity (Wildman–Crippen MR) is 44.9 cm³/mol. The molecule has 0 heterocycles. The molecule has 0 aliphatic rings. The molecule has 0 bridgehead atoms.